The molecule has 1 unspecified atom stereocenters. The number of aromatic nitrogens is 3. The second-order valence-electron chi connectivity index (χ2n) is 4.79. The lowest BCUT2D eigenvalue weighted by Gasteiger charge is -2.11. The molecule has 0 saturated heterocycles. The molecule has 4 nitrogen and oxygen atoms in total. The molecule has 0 bridgehead atoms. The van der Waals surface area contributed by atoms with Crippen LogP contribution in [-0.4, -0.2) is 20.8 Å². The van der Waals surface area contributed by atoms with Crippen molar-refractivity contribution >= 4 is 11.6 Å². The fraction of sp³-hybridized carbons (Fsp3) is 0.429. The number of nitrogens with two attached hydrogens (primary N) is 1. The summed E-state index contributed by atoms with van der Waals surface area (Å²) >= 11 is 6.22. The van der Waals surface area contributed by atoms with Crippen LogP contribution in [0.15, 0.2) is 24.4 Å². The monoisotopic (exact) mass is 278 g/mol. The van der Waals surface area contributed by atoms with Crippen molar-refractivity contribution in [3.05, 3.63) is 46.5 Å². The molecule has 0 radical (unpaired) electrons. The van der Waals surface area contributed by atoms with Crippen molar-refractivity contribution in [2.45, 2.75) is 32.2 Å². The maximum absolute atomic E-state index is 6.22. The number of halogens is 1. The van der Waals surface area contributed by atoms with Crippen molar-refractivity contribution in [2.75, 3.05) is 0 Å². The Labute approximate surface area is 118 Å². The Bertz CT molecular complexity index is 536. The molecule has 2 aromatic heterocycles. The zero-order valence-corrected chi connectivity index (χ0v) is 12.1. The third-order valence-corrected chi connectivity index (χ3v) is 3.71. The van der Waals surface area contributed by atoms with Crippen LogP contribution in [0.4, 0.5) is 0 Å². The fourth-order valence-electron chi connectivity index (χ4n) is 2.13. The first-order valence-corrected chi connectivity index (χ1v) is 6.79. The van der Waals surface area contributed by atoms with Gasteiger partial charge in [-0.2, -0.15) is 5.10 Å². The predicted molar refractivity (Wildman–Crippen MR) is 77.2 cm³/mol. The minimum atomic E-state index is 0.0642. The molecule has 0 aliphatic heterocycles. The van der Waals surface area contributed by atoms with Crippen molar-refractivity contribution in [3.8, 4) is 0 Å². The average molecular weight is 279 g/mol. The number of pyridine rings is 1. The molecule has 0 aliphatic carbocycles. The van der Waals surface area contributed by atoms with Gasteiger partial charge in [0.05, 0.1) is 16.4 Å². The normalized spacial score (nSPS) is 12.6. The van der Waals surface area contributed by atoms with Gasteiger partial charge in [0.1, 0.15) is 0 Å². The average Bonchev–Trinajstić information content (AvgIpc) is 2.64. The molecule has 0 aromatic carbocycles. The Morgan fingerprint density at radius 1 is 1.42 bits per heavy atom. The lowest BCUT2D eigenvalue weighted by atomic mass is 10.0. The van der Waals surface area contributed by atoms with Crippen LogP contribution in [0.3, 0.4) is 0 Å². The highest BCUT2D eigenvalue weighted by molar-refractivity contribution is 6.31. The minimum absolute atomic E-state index is 0.0642. The molecule has 0 spiro atoms. The first-order chi connectivity index (χ1) is 9.08. The second-order valence-corrected chi connectivity index (χ2v) is 5.17. The van der Waals surface area contributed by atoms with E-state index in [1.165, 1.54) is 0 Å². The van der Waals surface area contributed by atoms with Crippen LogP contribution >= 0.6 is 11.6 Å². The van der Waals surface area contributed by atoms with E-state index in [2.05, 4.69) is 10.1 Å². The first kappa shape index (κ1) is 14.0. The zero-order chi connectivity index (χ0) is 13.8. The summed E-state index contributed by atoms with van der Waals surface area (Å²) in [5.41, 5.74) is 9.11. The maximum Gasteiger partial charge on any atom is 0.0847 e. The molecule has 2 aromatic rings. The largest absolute Gasteiger partial charge is 0.327 e. The molecule has 19 heavy (non-hydrogen) atoms. The number of nitrogens with zero attached hydrogens (tertiary/aromatic N) is 3. The molecule has 2 rings (SSSR count). The third kappa shape index (κ3) is 3.55. The Morgan fingerprint density at radius 2 is 2.21 bits per heavy atom. The lowest BCUT2D eigenvalue weighted by molar-refractivity contribution is 0.574. The first-order valence-electron chi connectivity index (χ1n) is 6.41. The molecule has 0 saturated carbocycles. The van der Waals surface area contributed by atoms with Gasteiger partial charge in [-0.05, 0) is 31.9 Å². The summed E-state index contributed by atoms with van der Waals surface area (Å²) in [4.78, 5) is 4.30. The van der Waals surface area contributed by atoms with Crippen molar-refractivity contribution in [2.24, 2.45) is 12.8 Å². The van der Waals surface area contributed by atoms with Gasteiger partial charge in [0.15, 0.2) is 0 Å². The van der Waals surface area contributed by atoms with Gasteiger partial charge in [-0.3, -0.25) is 9.67 Å². The summed E-state index contributed by atoms with van der Waals surface area (Å²) in [5.74, 6) is 0. The van der Waals surface area contributed by atoms with E-state index in [0.29, 0.717) is 0 Å². The van der Waals surface area contributed by atoms with Gasteiger partial charge in [0, 0.05) is 31.4 Å². The number of aryl methyl sites for hydroxylation is 3. The van der Waals surface area contributed by atoms with Crippen molar-refractivity contribution in [3.63, 3.8) is 0 Å². The smallest absolute Gasteiger partial charge is 0.0847 e. The summed E-state index contributed by atoms with van der Waals surface area (Å²) in [7, 11) is 1.90. The van der Waals surface area contributed by atoms with E-state index in [-0.39, 0.29) is 6.04 Å². The van der Waals surface area contributed by atoms with Crippen LogP contribution in [0.25, 0.3) is 0 Å². The summed E-state index contributed by atoms with van der Waals surface area (Å²) in [5, 5.41) is 5.03. The van der Waals surface area contributed by atoms with Crippen molar-refractivity contribution in [1.29, 1.82) is 0 Å². The van der Waals surface area contributed by atoms with E-state index >= 15 is 0 Å². The Morgan fingerprint density at radius 3 is 2.79 bits per heavy atom. The highest BCUT2D eigenvalue weighted by Crippen LogP contribution is 2.21. The minimum Gasteiger partial charge on any atom is -0.327 e. The van der Waals surface area contributed by atoms with Gasteiger partial charge in [-0.1, -0.05) is 17.7 Å². The topological polar surface area (TPSA) is 56.7 Å². The fourth-order valence-corrected chi connectivity index (χ4v) is 2.37. The van der Waals surface area contributed by atoms with Crippen LogP contribution in [-0.2, 0) is 19.9 Å². The SMILES string of the molecule is Cc1nn(C)c(CC(N)CCc2ccccn2)c1Cl. The molecule has 1 atom stereocenters. The molecule has 0 amide bonds. The van der Waals surface area contributed by atoms with Crippen LogP contribution in [0.5, 0.6) is 0 Å². The van der Waals surface area contributed by atoms with E-state index in [9.17, 15) is 0 Å². The van der Waals surface area contributed by atoms with Crippen molar-refractivity contribution in [1.82, 2.24) is 14.8 Å². The van der Waals surface area contributed by atoms with E-state index in [4.69, 9.17) is 17.3 Å². The highest BCUT2D eigenvalue weighted by atomic mass is 35.5. The third-order valence-electron chi connectivity index (χ3n) is 3.21. The number of hydrogen-bond donors (Lipinski definition) is 1. The van der Waals surface area contributed by atoms with Crippen LogP contribution in [0.1, 0.15) is 23.5 Å². The molecular weight excluding hydrogens is 260 g/mol. The van der Waals surface area contributed by atoms with Gasteiger partial charge < -0.3 is 5.73 Å². The molecule has 0 fully saturated rings. The van der Waals surface area contributed by atoms with E-state index in [1.54, 1.807) is 0 Å². The second kappa shape index (κ2) is 6.17. The Balaban J connectivity index is 1.92. The molecule has 2 N–H and O–H groups in total. The predicted octanol–water partition coefficient (Wildman–Crippen LogP) is 2.28. The Hall–Kier alpha value is -1.39. The van der Waals surface area contributed by atoms with E-state index in [0.717, 1.165) is 41.4 Å². The maximum atomic E-state index is 6.22. The number of rotatable bonds is 5. The van der Waals surface area contributed by atoms with Gasteiger partial charge in [-0.25, -0.2) is 0 Å². The molecule has 0 aliphatic rings. The summed E-state index contributed by atoms with van der Waals surface area (Å²) < 4.78 is 1.82. The summed E-state index contributed by atoms with van der Waals surface area (Å²) in [6.45, 7) is 1.91. The van der Waals surface area contributed by atoms with Crippen LogP contribution in [0, 0.1) is 6.92 Å². The molecule has 102 valence electrons. The summed E-state index contributed by atoms with van der Waals surface area (Å²) in [6, 6.07) is 6.00. The van der Waals surface area contributed by atoms with Crippen LogP contribution in [0.2, 0.25) is 5.02 Å². The Kier molecular flexibility index (Phi) is 4.56. The van der Waals surface area contributed by atoms with Gasteiger partial charge in [-0.15, -0.1) is 0 Å². The molecule has 2 heterocycles. The van der Waals surface area contributed by atoms with Gasteiger partial charge in [0.2, 0.25) is 0 Å². The molecule has 5 heteroatoms. The van der Waals surface area contributed by atoms with Gasteiger partial charge >= 0.3 is 0 Å². The molecular formula is C14H19ClN4. The van der Waals surface area contributed by atoms with Crippen molar-refractivity contribution < 1.29 is 0 Å². The summed E-state index contributed by atoms with van der Waals surface area (Å²) in [6.07, 6.45) is 4.32. The lowest BCUT2D eigenvalue weighted by Crippen LogP contribution is -2.25. The highest BCUT2D eigenvalue weighted by Gasteiger charge is 2.14. The quantitative estimate of drug-likeness (QED) is 0.913. The standard InChI is InChI=1S/C14H19ClN4/c1-10-14(15)13(19(2)18-10)9-11(16)6-7-12-5-3-4-8-17-12/h3-5,8,11H,6-7,9,16H2,1-2H3. The van der Waals surface area contributed by atoms with Crippen LogP contribution < -0.4 is 5.73 Å². The zero-order valence-electron chi connectivity index (χ0n) is 11.3. The number of hydrogen-bond acceptors (Lipinski definition) is 3. The van der Waals surface area contributed by atoms with Gasteiger partial charge in [0.25, 0.3) is 0 Å². The van der Waals surface area contributed by atoms with E-state index < -0.39 is 0 Å². The van der Waals surface area contributed by atoms with E-state index in [1.807, 2.05) is 43.0 Å².